The number of para-hydroxylation sites is 1. The van der Waals surface area contributed by atoms with E-state index in [4.69, 9.17) is 0 Å². The normalized spacial score (nSPS) is 11.4. The minimum absolute atomic E-state index is 0.0334. The van der Waals surface area contributed by atoms with Gasteiger partial charge in [0, 0.05) is 24.0 Å². The first-order chi connectivity index (χ1) is 10.7. The van der Waals surface area contributed by atoms with E-state index in [0.29, 0.717) is 6.54 Å². The highest BCUT2D eigenvalue weighted by Gasteiger charge is 2.21. The molecule has 0 saturated carbocycles. The molecule has 0 aliphatic rings. The van der Waals surface area contributed by atoms with Crippen LogP contribution in [0.4, 0.5) is 10.5 Å². The van der Waals surface area contributed by atoms with Gasteiger partial charge in [-0.3, -0.25) is 5.10 Å². The van der Waals surface area contributed by atoms with Crippen molar-refractivity contribution in [3.63, 3.8) is 0 Å². The molecule has 2 rings (SSSR count). The molecule has 2 aromatic rings. The van der Waals surface area contributed by atoms with Gasteiger partial charge >= 0.3 is 6.03 Å². The number of aromatic amines is 1. The molecular formula is C18H26N4O. The van der Waals surface area contributed by atoms with Gasteiger partial charge in [-0.05, 0) is 30.4 Å². The number of anilines is 1. The summed E-state index contributed by atoms with van der Waals surface area (Å²) in [4.78, 5) is 14.2. The molecule has 0 unspecified atom stereocenters. The molecule has 2 N–H and O–H groups in total. The van der Waals surface area contributed by atoms with E-state index < -0.39 is 0 Å². The number of urea groups is 1. The number of benzene rings is 1. The number of hydrogen-bond acceptors (Lipinski definition) is 2. The molecule has 124 valence electrons. The summed E-state index contributed by atoms with van der Waals surface area (Å²) < 4.78 is 0. The van der Waals surface area contributed by atoms with Crippen molar-refractivity contribution in [3.05, 3.63) is 46.8 Å². The largest absolute Gasteiger partial charge is 0.323 e. The van der Waals surface area contributed by atoms with Gasteiger partial charge in [-0.1, -0.05) is 39.0 Å². The van der Waals surface area contributed by atoms with E-state index in [-0.39, 0.29) is 11.4 Å². The maximum atomic E-state index is 12.6. The van der Waals surface area contributed by atoms with Crippen LogP contribution in [0.5, 0.6) is 0 Å². The molecule has 1 aromatic carbocycles. The van der Waals surface area contributed by atoms with Crippen LogP contribution >= 0.6 is 0 Å². The summed E-state index contributed by atoms with van der Waals surface area (Å²) in [5, 5.41) is 9.96. The molecule has 0 saturated heterocycles. The Bertz CT molecular complexity index is 697. The van der Waals surface area contributed by atoms with Crippen LogP contribution in [0.1, 0.15) is 43.2 Å². The van der Waals surface area contributed by atoms with Crippen molar-refractivity contribution < 1.29 is 4.79 Å². The molecule has 0 atom stereocenters. The quantitative estimate of drug-likeness (QED) is 0.900. The van der Waals surface area contributed by atoms with Crippen LogP contribution in [-0.4, -0.2) is 28.2 Å². The monoisotopic (exact) mass is 314 g/mol. The Morgan fingerprint density at radius 2 is 2.00 bits per heavy atom. The van der Waals surface area contributed by atoms with Gasteiger partial charge in [0.05, 0.1) is 12.7 Å². The molecule has 0 aliphatic carbocycles. The van der Waals surface area contributed by atoms with Crippen molar-refractivity contribution in [1.82, 2.24) is 15.1 Å². The smallest absolute Gasteiger partial charge is 0.321 e. The average Bonchev–Trinajstić information content (AvgIpc) is 2.85. The summed E-state index contributed by atoms with van der Waals surface area (Å²) >= 11 is 0. The first-order valence-corrected chi connectivity index (χ1v) is 7.81. The second-order valence-electron chi connectivity index (χ2n) is 7.05. The van der Waals surface area contributed by atoms with Gasteiger partial charge in [-0.2, -0.15) is 5.10 Å². The number of H-pyrrole nitrogens is 1. The van der Waals surface area contributed by atoms with Crippen LogP contribution in [0.3, 0.4) is 0 Å². The van der Waals surface area contributed by atoms with Crippen LogP contribution in [-0.2, 0) is 12.0 Å². The summed E-state index contributed by atoms with van der Waals surface area (Å²) in [5.74, 6) is 0. The molecule has 0 spiro atoms. The van der Waals surface area contributed by atoms with Crippen molar-refractivity contribution in [2.45, 2.75) is 46.6 Å². The van der Waals surface area contributed by atoms with Crippen LogP contribution in [0.25, 0.3) is 0 Å². The second-order valence-corrected chi connectivity index (χ2v) is 7.05. The summed E-state index contributed by atoms with van der Waals surface area (Å²) in [6.45, 7) is 10.9. The maximum absolute atomic E-state index is 12.6. The van der Waals surface area contributed by atoms with Crippen molar-refractivity contribution >= 4 is 11.7 Å². The van der Waals surface area contributed by atoms with E-state index >= 15 is 0 Å². The average molecular weight is 314 g/mol. The lowest BCUT2D eigenvalue weighted by molar-refractivity contribution is 0.220. The Labute approximate surface area is 138 Å². The van der Waals surface area contributed by atoms with Gasteiger partial charge in [-0.25, -0.2) is 4.79 Å². The molecule has 5 heteroatoms. The summed E-state index contributed by atoms with van der Waals surface area (Å²) in [7, 11) is 1.79. The fourth-order valence-electron chi connectivity index (χ4n) is 2.52. The Morgan fingerprint density at radius 1 is 1.30 bits per heavy atom. The summed E-state index contributed by atoms with van der Waals surface area (Å²) in [6.07, 6.45) is 1.76. The molecule has 23 heavy (non-hydrogen) atoms. The van der Waals surface area contributed by atoms with Gasteiger partial charge in [-0.15, -0.1) is 0 Å². The Kier molecular flexibility index (Phi) is 4.78. The molecule has 0 radical (unpaired) electrons. The highest BCUT2D eigenvalue weighted by Crippen LogP contribution is 2.32. The van der Waals surface area contributed by atoms with Gasteiger partial charge < -0.3 is 10.2 Å². The zero-order chi connectivity index (χ0) is 17.2. The molecule has 5 nitrogen and oxygen atoms in total. The number of aryl methyl sites for hydroxylation is 2. The van der Waals surface area contributed by atoms with Crippen molar-refractivity contribution in [3.8, 4) is 0 Å². The third-order valence-corrected chi connectivity index (χ3v) is 4.00. The topological polar surface area (TPSA) is 61.0 Å². The number of carbonyl (C=O) groups is 1. The van der Waals surface area contributed by atoms with Crippen LogP contribution < -0.4 is 5.32 Å². The first kappa shape index (κ1) is 17.1. The number of nitrogens with one attached hydrogen (secondary N) is 2. The molecule has 1 heterocycles. The summed E-state index contributed by atoms with van der Waals surface area (Å²) in [6, 6.07) is 6.00. The van der Waals surface area contributed by atoms with Gasteiger partial charge in [0.15, 0.2) is 0 Å². The van der Waals surface area contributed by atoms with E-state index in [1.807, 2.05) is 26.0 Å². The van der Waals surface area contributed by atoms with Gasteiger partial charge in [0.25, 0.3) is 0 Å². The Morgan fingerprint density at radius 3 is 2.57 bits per heavy atom. The lowest BCUT2D eigenvalue weighted by Gasteiger charge is -2.26. The highest BCUT2D eigenvalue weighted by atomic mass is 16.2. The first-order valence-electron chi connectivity index (χ1n) is 7.81. The number of amides is 2. The second kappa shape index (κ2) is 6.44. The van der Waals surface area contributed by atoms with Crippen LogP contribution in [0.2, 0.25) is 0 Å². The standard InChI is InChI=1S/C18H26N4O/c1-12-8-7-9-15(18(3,4)5)16(12)20-17(23)22(6)11-14-10-19-21-13(14)2/h7-10H,11H2,1-6H3,(H,19,21)(H,20,23). The number of nitrogens with zero attached hydrogens (tertiary/aromatic N) is 2. The van der Waals surface area contributed by atoms with E-state index in [1.165, 1.54) is 0 Å². The minimum atomic E-state index is -0.120. The molecule has 2 amide bonds. The predicted molar refractivity (Wildman–Crippen MR) is 93.7 cm³/mol. The molecule has 0 bridgehead atoms. The maximum Gasteiger partial charge on any atom is 0.321 e. The van der Waals surface area contributed by atoms with Crippen molar-refractivity contribution in [2.24, 2.45) is 0 Å². The lowest BCUT2D eigenvalue weighted by Crippen LogP contribution is -2.32. The van der Waals surface area contributed by atoms with Crippen LogP contribution in [0.15, 0.2) is 24.4 Å². The Balaban J connectivity index is 2.19. The zero-order valence-electron chi connectivity index (χ0n) is 14.8. The van der Waals surface area contributed by atoms with E-state index in [0.717, 1.165) is 28.1 Å². The fourth-order valence-corrected chi connectivity index (χ4v) is 2.52. The molecule has 0 fully saturated rings. The SMILES string of the molecule is Cc1cccc(C(C)(C)C)c1NC(=O)N(C)Cc1cn[nH]c1C. The predicted octanol–water partition coefficient (Wildman–Crippen LogP) is 3.99. The molecular weight excluding hydrogens is 288 g/mol. The number of hydrogen-bond donors (Lipinski definition) is 2. The number of aromatic nitrogens is 2. The van der Waals surface area contributed by atoms with E-state index in [2.05, 4.69) is 42.4 Å². The minimum Gasteiger partial charge on any atom is -0.323 e. The fraction of sp³-hybridized carbons (Fsp3) is 0.444. The third-order valence-electron chi connectivity index (χ3n) is 4.00. The van der Waals surface area contributed by atoms with Crippen LogP contribution in [0, 0.1) is 13.8 Å². The van der Waals surface area contributed by atoms with Gasteiger partial charge in [0.2, 0.25) is 0 Å². The number of carbonyl (C=O) groups excluding carboxylic acids is 1. The zero-order valence-corrected chi connectivity index (χ0v) is 14.8. The highest BCUT2D eigenvalue weighted by molar-refractivity contribution is 5.91. The lowest BCUT2D eigenvalue weighted by atomic mass is 9.84. The third kappa shape index (κ3) is 3.92. The van der Waals surface area contributed by atoms with E-state index in [1.54, 1.807) is 18.1 Å². The van der Waals surface area contributed by atoms with Gasteiger partial charge in [0.1, 0.15) is 0 Å². The van der Waals surface area contributed by atoms with Crippen molar-refractivity contribution in [2.75, 3.05) is 12.4 Å². The van der Waals surface area contributed by atoms with Crippen molar-refractivity contribution in [1.29, 1.82) is 0 Å². The number of rotatable bonds is 3. The van der Waals surface area contributed by atoms with E-state index in [9.17, 15) is 4.79 Å². The molecule has 1 aromatic heterocycles. The Hall–Kier alpha value is -2.30. The summed E-state index contributed by atoms with van der Waals surface area (Å²) in [5.41, 5.74) is 5.08. The molecule has 0 aliphatic heterocycles.